The van der Waals surface area contributed by atoms with Crippen molar-refractivity contribution in [1.29, 1.82) is 0 Å². The van der Waals surface area contributed by atoms with Crippen molar-refractivity contribution in [2.45, 2.75) is 23.9 Å². The van der Waals surface area contributed by atoms with Crippen LogP contribution in [0.5, 0.6) is 0 Å². The highest BCUT2D eigenvalue weighted by molar-refractivity contribution is 8.00. The van der Waals surface area contributed by atoms with Crippen LogP contribution in [0.4, 0.5) is 8.78 Å². The summed E-state index contributed by atoms with van der Waals surface area (Å²) in [6.07, 6.45) is 0. The SMILES string of the molecule is C[C@@H](Sc1nnc(-c2ccccc2F)n1C)C(=O)N(C)Cc1cccc(F)c1. The number of hydrogen-bond donors (Lipinski definition) is 0. The van der Waals surface area contributed by atoms with Crippen LogP contribution in [0.3, 0.4) is 0 Å². The van der Waals surface area contributed by atoms with Gasteiger partial charge in [0.25, 0.3) is 0 Å². The third-order valence-corrected chi connectivity index (χ3v) is 5.39. The van der Waals surface area contributed by atoms with Gasteiger partial charge < -0.3 is 9.47 Å². The van der Waals surface area contributed by atoms with Gasteiger partial charge in [0.1, 0.15) is 11.6 Å². The summed E-state index contributed by atoms with van der Waals surface area (Å²) in [6, 6.07) is 12.5. The molecular weight excluding hydrogens is 382 g/mol. The van der Waals surface area contributed by atoms with Gasteiger partial charge in [-0.25, -0.2) is 8.78 Å². The van der Waals surface area contributed by atoms with Crippen LogP contribution < -0.4 is 0 Å². The summed E-state index contributed by atoms with van der Waals surface area (Å²) in [5, 5.41) is 8.24. The van der Waals surface area contributed by atoms with Gasteiger partial charge in [-0.15, -0.1) is 10.2 Å². The number of aromatic nitrogens is 3. The summed E-state index contributed by atoms with van der Waals surface area (Å²) < 4.78 is 29.0. The first-order valence-electron chi connectivity index (χ1n) is 8.67. The van der Waals surface area contributed by atoms with Crippen molar-refractivity contribution in [3.05, 3.63) is 65.7 Å². The predicted molar refractivity (Wildman–Crippen MR) is 105 cm³/mol. The number of nitrogens with zero attached hydrogens (tertiary/aromatic N) is 4. The smallest absolute Gasteiger partial charge is 0.235 e. The summed E-state index contributed by atoms with van der Waals surface area (Å²) in [5.41, 5.74) is 1.07. The molecule has 0 aliphatic heterocycles. The van der Waals surface area contributed by atoms with Crippen LogP contribution in [0.1, 0.15) is 12.5 Å². The van der Waals surface area contributed by atoms with E-state index in [9.17, 15) is 13.6 Å². The number of hydrogen-bond acceptors (Lipinski definition) is 4. The first kappa shape index (κ1) is 20.0. The molecule has 0 bridgehead atoms. The Morgan fingerprint density at radius 2 is 1.93 bits per heavy atom. The molecule has 28 heavy (non-hydrogen) atoms. The zero-order valence-corrected chi connectivity index (χ0v) is 16.6. The fourth-order valence-corrected chi connectivity index (χ4v) is 3.73. The normalized spacial score (nSPS) is 12.0. The minimum absolute atomic E-state index is 0.121. The van der Waals surface area contributed by atoms with Gasteiger partial charge in [0.2, 0.25) is 5.91 Å². The maximum Gasteiger partial charge on any atom is 0.235 e. The Kier molecular flexibility index (Phi) is 6.08. The molecule has 0 fully saturated rings. The number of halogens is 2. The van der Waals surface area contributed by atoms with Crippen LogP contribution in [0.2, 0.25) is 0 Å². The van der Waals surface area contributed by atoms with Crippen LogP contribution in [0.25, 0.3) is 11.4 Å². The molecule has 5 nitrogen and oxygen atoms in total. The van der Waals surface area contributed by atoms with E-state index < -0.39 is 5.25 Å². The Hall–Kier alpha value is -2.74. The van der Waals surface area contributed by atoms with Crippen molar-refractivity contribution in [3.8, 4) is 11.4 Å². The van der Waals surface area contributed by atoms with Crippen LogP contribution in [-0.4, -0.2) is 37.9 Å². The van der Waals surface area contributed by atoms with Gasteiger partial charge >= 0.3 is 0 Å². The second-order valence-corrected chi connectivity index (χ2v) is 7.74. The summed E-state index contributed by atoms with van der Waals surface area (Å²) in [5.74, 6) is -0.438. The summed E-state index contributed by atoms with van der Waals surface area (Å²) in [7, 11) is 3.41. The van der Waals surface area contributed by atoms with Crippen molar-refractivity contribution < 1.29 is 13.6 Å². The lowest BCUT2D eigenvalue weighted by atomic mass is 10.2. The Morgan fingerprint density at radius 3 is 2.64 bits per heavy atom. The molecule has 0 unspecified atom stereocenters. The molecule has 0 saturated heterocycles. The molecule has 3 rings (SSSR count). The van der Waals surface area contributed by atoms with Gasteiger partial charge in [0.15, 0.2) is 11.0 Å². The zero-order valence-electron chi connectivity index (χ0n) is 15.8. The fourth-order valence-electron chi connectivity index (χ4n) is 2.80. The number of benzene rings is 2. The predicted octanol–water partition coefficient (Wildman–Crippen LogP) is 3.90. The van der Waals surface area contributed by atoms with Gasteiger partial charge in [-0.3, -0.25) is 4.79 Å². The number of carbonyl (C=O) groups excluding carboxylic acids is 1. The van der Waals surface area contributed by atoms with Gasteiger partial charge in [-0.2, -0.15) is 0 Å². The highest BCUT2D eigenvalue weighted by Crippen LogP contribution is 2.27. The second kappa shape index (κ2) is 8.52. The van der Waals surface area contributed by atoms with Crippen LogP contribution in [0.15, 0.2) is 53.7 Å². The molecule has 1 amide bonds. The van der Waals surface area contributed by atoms with Crippen LogP contribution >= 0.6 is 11.8 Å². The third-order valence-electron chi connectivity index (χ3n) is 4.26. The number of rotatable bonds is 6. The minimum atomic E-state index is -0.435. The van der Waals surface area contributed by atoms with Crippen molar-refractivity contribution in [1.82, 2.24) is 19.7 Å². The van der Waals surface area contributed by atoms with E-state index in [0.717, 1.165) is 0 Å². The molecule has 0 N–H and O–H groups in total. The lowest BCUT2D eigenvalue weighted by Crippen LogP contribution is -2.33. The highest BCUT2D eigenvalue weighted by Gasteiger charge is 2.23. The van der Waals surface area contributed by atoms with E-state index in [1.165, 1.54) is 30.0 Å². The molecule has 1 aromatic heterocycles. The fraction of sp³-hybridized carbons (Fsp3) is 0.250. The molecule has 0 aliphatic rings. The van der Waals surface area contributed by atoms with E-state index in [4.69, 9.17) is 0 Å². The number of thioether (sulfide) groups is 1. The second-order valence-electron chi connectivity index (χ2n) is 6.43. The summed E-state index contributed by atoms with van der Waals surface area (Å²) in [4.78, 5) is 14.2. The van der Waals surface area contributed by atoms with E-state index in [0.29, 0.717) is 28.7 Å². The molecule has 2 aromatic carbocycles. The lowest BCUT2D eigenvalue weighted by Gasteiger charge is -2.21. The number of amides is 1. The van der Waals surface area contributed by atoms with E-state index in [1.807, 2.05) is 0 Å². The molecule has 146 valence electrons. The average Bonchev–Trinajstić information content (AvgIpc) is 3.01. The molecule has 1 heterocycles. The molecule has 0 saturated carbocycles. The van der Waals surface area contributed by atoms with E-state index in [1.54, 1.807) is 60.8 Å². The van der Waals surface area contributed by atoms with E-state index in [2.05, 4.69) is 10.2 Å². The van der Waals surface area contributed by atoms with Crippen LogP contribution in [0, 0.1) is 11.6 Å². The largest absolute Gasteiger partial charge is 0.340 e. The highest BCUT2D eigenvalue weighted by atomic mass is 32.2. The molecule has 8 heteroatoms. The quantitative estimate of drug-likeness (QED) is 0.587. The van der Waals surface area contributed by atoms with Gasteiger partial charge in [0, 0.05) is 20.6 Å². The molecule has 0 spiro atoms. The Morgan fingerprint density at radius 1 is 1.18 bits per heavy atom. The van der Waals surface area contributed by atoms with Crippen molar-refractivity contribution in [2.24, 2.45) is 7.05 Å². The molecule has 0 aliphatic carbocycles. The van der Waals surface area contributed by atoms with Gasteiger partial charge in [0.05, 0.1) is 10.8 Å². The summed E-state index contributed by atoms with van der Waals surface area (Å²) in [6.45, 7) is 2.08. The molecular formula is C20H20F2N4OS. The van der Waals surface area contributed by atoms with Crippen molar-refractivity contribution in [2.75, 3.05) is 7.05 Å². The lowest BCUT2D eigenvalue weighted by molar-refractivity contribution is -0.129. The van der Waals surface area contributed by atoms with Crippen molar-refractivity contribution >= 4 is 17.7 Å². The van der Waals surface area contributed by atoms with E-state index in [-0.39, 0.29) is 17.5 Å². The summed E-state index contributed by atoms with van der Waals surface area (Å²) >= 11 is 1.24. The first-order valence-corrected chi connectivity index (χ1v) is 9.55. The monoisotopic (exact) mass is 402 g/mol. The number of carbonyl (C=O) groups is 1. The Bertz CT molecular complexity index is 992. The Labute approximate surface area is 166 Å². The third kappa shape index (κ3) is 4.39. The van der Waals surface area contributed by atoms with Gasteiger partial charge in [-0.1, -0.05) is 36.0 Å². The minimum Gasteiger partial charge on any atom is -0.340 e. The average molecular weight is 402 g/mol. The maximum absolute atomic E-state index is 14.0. The van der Waals surface area contributed by atoms with Crippen molar-refractivity contribution in [3.63, 3.8) is 0 Å². The molecule has 3 aromatic rings. The molecule has 0 radical (unpaired) electrons. The van der Waals surface area contributed by atoms with E-state index >= 15 is 0 Å². The van der Waals surface area contributed by atoms with Crippen LogP contribution in [-0.2, 0) is 18.4 Å². The standard InChI is InChI=1S/C20H20F2N4OS/c1-13(19(27)25(2)12-14-7-6-8-15(21)11-14)28-20-24-23-18(26(20)3)16-9-4-5-10-17(16)22/h4-11,13H,12H2,1-3H3/t13-/m1/s1. The zero-order chi connectivity index (χ0) is 20.3. The Balaban J connectivity index is 1.70. The first-order chi connectivity index (χ1) is 13.4. The topological polar surface area (TPSA) is 51.0 Å². The maximum atomic E-state index is 14.0. The van der Waals surface area contributed by atoms with Gasteiger partial charge in [-0.05, 0) is 36.8 Å². The molecule has 1 atom stereocenters.